The summed E-state index contributed by atoms with van der Waals surface area (Å²) in [5.74, 6) is -2.00. The lowest BCUT2D eigenvalue weighted by Gasteiger charge is -2.30. The number of benzene rings is 1. The highest BCUT2D eigenvalue weighted by atomic mass is 16.6. The van der Waals surface area contributed by atoms with Crippen LogP contribution in [0.25, 0.3) is 0 Å². The molecule has 9 heteroatoms. The summed E-state index contributed by atoms with van der Waals surface area (Å²) in [4.78, 5) is 38.9. The average Bonchev–Trinajstić information content (AvgIpc) is 2.81. The fraction of sp³-hybridized carbons (Fsp3) is 0.538. The number of carbonyl (C=O) groups excluding carboxylic acids is 2. The van der Waals surface area contributed by atoms with Gasteiger partial charge in [0.1, 0.15) is 0 Å². The molecule has 0 aromatic heterocycles. The highest BCUT2D eigenvalue weighted by Crippen LogP contribution is 2.40. The molecule has 2 rings (SSSR count). The summed E-state index contributed by atoms with van der Waals surface area (Å²) >= 11 is 0. The first-order valence-electron chi connectivity index (χ1n) is 12.0. The van der Waals surface area contributed by atoms with Crippen molar-refractivity contribution in [3.8, 4) is 0 Å². The molecule has 0 radical (unpaired) electrons. The Balaban J connectivity index is 2.12. The number of rotatable bonds is 13. The standard InChI is InChI=1S/C26H37N3O6/c1-18-22(25(30)34-5)24(20-13-12-14-21(17-20)29(32)33)23(19(2)27-18)26(31)35-16-11-9-7-6-8-10-15-28(3)4/h12-14,17,24,27H,6-11,15-16H2,1-5H3/t24-/m0/s1. The van der Waals surface area contributed by atoms with Crippen LogP contribution in [0.15, 0.2) is 46.8 Å². The molecule has 0 unspecified atom stereocenters. The Morgan fingerprint density at radius 1 is 1.00 bits per heavy atom. The number of non-ortho nitro benzene ring substituents is 1. The number of ether oxygens (including phenoxy) is 2. The van der Waals surface area contributed by atoms with Crippen molar-refractivity contribution in [1.29, 1.82) is 0 Å². The molecule has 0 aliphatic carbocycles. The van der Waals surface area contributed by atoms with Gasteiger partial charge in [0.05, 0.1) is 35.7 Å². The number of methoxy groups -OCH3 is 1. The molecule has 0 saturated heterocycles. The van der Waals surface area contributed by atoms with Gasteiger partial charge in [-0.05, 0) is 52.9 Å². The summed E-state index contributed by atoms with van der Waals surface area (Å²) in [7, 11) is 5.40. The molecule has 1 N–H and O–H groups in total. The minimum Gasteiger partial charge on any atom is -0.466 e. The highest BCUT2D eigenvalue weighted by Gasteiger charge is 2.38. The minimum atomic E-state index is -0.840. The lowest BCUT2D eigenvalue weighted by molar-refractivity contribution is -0.384. The summed E-state index contributed by atoms with van der Waals surface area (Å²) in [6.07, 6.45) is 6.31. The molecule has 35 heavy (non-hydrogen) atoms. The van der Waals surface area contributed by atoms with Crippen LogP contribution in [-0.4, -0.2) is 56.1 Å². The first kappa shape index (κ1) is 28.0. The number of nitrogens with one attached hydrogen (secondary N) is 1. The minimum absolute atomic E-state index is 0.126. The Kier molecular flexibility index (Phi) is 10.9. The second-order valence-corrected chi connectivity index (χ2v) is 9.04. The van der Waals surface area contributed by atoms with Gasteiger partial charge in [0.2, 0.25) is 0 Å². The van der Waals surface area contributed by atoms with Crippen LogP contribution >= 0.6 is 0 Å². The van der Waals surface area contributed by atoms with Gasteiger partial charge >= 0.3 is 11.9 Å². The van der Waals surface area contributed by atoms with E-state index < -0.39 is 22.8 Å². The van der Waals surface area contributed by atoms with Gasteiger partial charge < -0.3 is 19.7 Å². The monoisotopic (exact) mass is 487 g/mol. The zero-order valence-electron chi connectivity index (χ0n) is 21.4. The van der Waals surface area contributed by atoms with E-state index in [2.05, 4.69) is 24.3 Å². The Hall–Kier alpha value is -3.20. The second kappa shape index (κ2) is 13.6. The molecule has 1 heterocycles. The number of allylic oxidation sites excluding steroid dienone is 2. The van der Waals surface area contributed by atoms with Crippen LogP contribution in [0, 0.1) is 10.1 Å². The number of nitrogens with zero attached hydrogens (tertiary/aromatic N) is 2. The van der Waals surface area contributed by atoms with Crippen molar-refractivity contribution in [3.63, 3.8) is 0 Å². The molecule has 1 aliphatic rings. The van der Waals surface area contributed by atoms with Crippen molar-refractivity contribution in [2.45, 2.75) is 58.3 Å². The van der Waals surface area contributed by atoms with Crippen molar-refractivity contribution in [3.05, 3.63) is 62.5 Å². The lowest BCUT2D eigenvalue weighted by Crippen LogP contribution is -2.32. The van der Waals surface area contributed by atoms with Gasteiger partial charge in [0.15, 0.2) is 0 Å². The van der Waals surface area contributed by atoms with E-state index in [0.717, 1.165) is 32.2 Å². The molecule has 192 valence electrons. The lowest BCUT2D eigenvalue weighted by atomic mass is 9.80. The fourth-order valence-corrected chi connectivity index (χ4v) is 4.28. The van der Waals surface area contributed by atoms with E-state index >= 15 is 0 Å². The number of esters is 2. The molecule has 0 amide bonds. The van der Waals surface area contributed by atoms with Crippen LogP contribution in [0.5, 0.6) is 0 Å². The van der Waals surface area contributed by atoms with Gasteiger partial charge in [0, 0.05) is 23.5 Å². The van der Waals surface area contributed by atoms with Crippen molar-refractivity contribution in [1.82, 2.24) is 10.2 Å². The van der Waals surface area contributed by atoms with E-state index in [4.69, 9.17) is 9.47 Å². The maximum absolute atomic E-state index is 13.2. The topological polar surface area (TPSA) is 111 Å². The Morgan fingerprint density at radius 2 is 1.60 bits per heavy atom. The molecule has 1 aromatic rings. The molecule has 1 atom stereocenters. The number of hydrogen-bond donors (Lipinski definition) is 1. The summed E-state index contributed by atoms with van der Waals surface area (Å²) in [6, 6.07) is 5.95. The molecular formula is C26H37N3O6. The summed E-state index contributed by atoms with van der Waals surface area (Å²) in [5.41, 5.74) is 1.86. The summed E-state index contributed by atoms with van der Waals surface area (Å²) in [6.45, 7) is 4.80. The van der Waals surface area contributed by atoms with E-state index in [-0.39, 0.29) is 23.4 Å². The van der Waals surface area contributed by atoms with E-state index in [1.807, 2.05) is 0 Å². The SMILES string of the molecule is COC(=O)C1=C(C)NC(C)=C(C(=O)OCCCCCCCCN(C)C)[C@H]1c1cccc([N+](=O)[O-])c1. The smallest absolute Gasteiger partial charge is 0.336 e. The maximum atomic E-state index is 13.2. The van der Waals surface area contributed by atoms with Crippen molar-refractivity contribution < 1.29 is 24.0 Å². The van der Waals surface area contributed by atoms with Crippen molar-refractivity contribution in [2.75, 3.05) is 34.4 Å². The first-order valence-corrected chi connectivity index (χ1v) is 12.0. The van der Waals surface area contributed by atoms with Crippen molar-refractivity contribution in [2.24, 2.45) is 0 Å². The predicted molar refractivity (Wildman–Crippen MR) is 134 cm³/mol. The van der Waals surface area contributed by atoms with E-state index in [9.17, 15) is 19.7 Å². The Bertz CT molecular complexity index is 983. The number of dihydropyridines is 1. The molecule has 0 spiro atoms. The third kappa shape index (κ3) is 7.92. The third-order valence-electron chi connectivity index (χ3n) is 6.03. The van der Waals surface area contributed by atoms with Gasteiger partial charge in [-0.15, -0.1) is 0 Å². The third-order valence-corrected chi connectivity index (χ3v) is 6.03. The fourth-order valence-electron chi connectivity index (χ4n) is 4.28. The number of nitro groups is 1. The molecule has 0 fully saturated rings. The van der Waals surface area contributed by atoms with Gasteiger partial charge in [-0.25, -0.2) is 9.59 Å². The van der Waals surface area contributed by atoms with Crippen LogP contribution < -0.4 is 5.32 Å². The van der Waals surface area contributed by atoms with Crippen LogP contribution in [0.3, 0.4) is 0 Å². The van der Waals surface area contributed by atoms with Crippen LogP contribution in [0.1, 0.15) is 63.9 Å². The van der Waals surface area contributed by atoms with Crippen LogP contribution in [-0.2, 0) is 19.1 Å². The number of carbonyl (C=O) groups is 2. The Morgan fingerprint density at radius 3 is 2.20 bits per heavy atom. The van der Waals surface area contributed by atoms with Gasteiger partial charge in [-0.1, -0.05) is 37.8 Å². The quantitative estimate of drug-likeness (QED) is 0.188. The van der Waals surface area contributed by atoms with E-state index in [1.54, 1.807) is 19.9 Å². The Labute approximate surface area is 207 Å². The molecule has 1 aromatic carbocycles. The predicted octanol–water partition coefficient (Wildman–Crippen LogP) is 4.45. The highest BCUT2D eigenvalue weighted by molar-refractivity contribution is 5.99. The van der Waals surface area contributed by atoms with Crippen LogP contribution in [0.4, 0.5) is 5.69 Å². The largest absolute Gasteiger partial charge is 0.466 e. The number of hydrogen-bond acceptors (Lipinski definition) is 8. The molecule has 0 bridgehead atoms. The van der Waals surface area contributed by atoms with E-state index in [1.165, 1.54) is 38.2 Å². The molecular weight excluding hydrogens is 450 g/mol. The number of nitro benzene ring substituents is 1. The van der Waals surface area contributed by atoms with E-state index in [0.29, 0.717) is 17.0 Å². The second-order valence-electron chi connectivity index (χ2n) is 9.04. The molecule has 9 nitrogen and oxygen atoms in total. The normalized spacial score (nSPS) is 15.8. The molecule has 0 saturated carbocycles. The number of unbranched alkanes of at least 4 members (excludes halogenated alkanes) is 5. The van der Waals surface area contributed by atoms with Gasteiger partial charge in [-0.3, -0.25) is 10.1 Å². The van der Waals surface area contributed by atoms with Gasteiger partial charge in [-0.2, -0.15) is 0 Å². The zero-order valence-corrected chi connectivity index (χ0v) is 21.4. The van der Waals surface area contributed by atoms with Crippen LogP contribution in [0.2, 0.25) is 0 Å². The summed E-state index contributed by atoms with van der Waals surface area (Å²) < 4.78 is 10.6. The average molecular weight is 488 g/mol. The zero-order chi connectivity index (χ0) is 26.0. The summed E-state index contributed by atoms with van der Waals surface area (Å²) in [5, 5.41) is 14.4. The first-order chi connectivity index (χ1) is 16.7. The van der Waals surface area contributed by atoms with Gasteiger partial charge in [0.25, 0.3) is 5.69 Å². The molecule has 1 aliphatic heterocycles. The van der Waals surface area contributed by atoms with Crippen molar-refractivity contribution >= 4 is 17.6 Å². The maximum Gasteiger partial charge on any atom is 0.336 e.